The first-order valence-corrected chi connectivity index (χ1v) is 8.60. The molecule has 0 bridgehead atoms. The van der Waals surface area contributed by atoms with Crippen molar-refractivity contribution in [2.24, 2.45) is 5.92 Å². The van der Waals surface area contributed by atoms with Gasteiger partial charge in [-0.1, -0.05) is 0 Å². The van der Waals surface area contributed by atoms with Crippen LogP contribution in [-0.4, -0.2) is 36.4 Å². The summed E-state index contributed by atoms with van der Waals surface area (Å²) in [5.41, 5.74) is 1.81. The number of nitrogens with zero attached hydrogens (tertiary/aromatic N) is 2. The van der Waals surface area contributed by atoms with E-state index < -0.39 is 9.84 Å². The summed E-state index contributed by atoms with van der Waals surface area (Å²) in [7, 11) is -1.22. The van der Waals surface area contributed by atoms with Crippen molar-refractivity contribution >= 4 is 15.5 Å². The standard InChI is InChI=1S/C14H18N2O3S/c1-19-13-4-5-14-15-12(8-16(14)9-13)7-11-3-2-6-20(17,18)10-11/h4-5,8-9,11H,2-3,6-7,10H2,1H3. The minimum Gasteiger partial charge on any atom is -0.495 e. The molecule has 3 heterocycles. The second-order valence-electron chi connectivity index (χ2n) is 5.39. The van der Waals surface area contributed by atoms with Crippen LogP contribution in [0.15, 0.2) is 24.5 Å². The smallest absolute Gasteiger partial charge is 0.150 e. The lowest BCUT2D eigenvalue weighted by Gasteiger charge is -2.20. The van der Waals surface area contributed by atoms with Gasteiger partial charge in [-0.3, -0.25) is 0 Å². The maximum absolute atomic E-state index is 11.7. The molecule has 1 atom stereocenters. The van der Waals surface area contributed by atoms with E-state index in [2.05, 4.69) is 4.98 Å². The SMILES string of the molecule is COc1ccc2nc(CC3CCCS(=O)(=O)C3)cn2c1. The largest absolute Gasteiger partial charge is 0.495 e. The van der Waals surface area contributed by atoms with Crippen LogP contribution in [0.2, 0.25) is 0 Å². The number of rotatable bonds is 3. The number of hydrogen-bond acceptors (Lipinski definition) is 4. The summed E-state index contributed by atoms with van der Waals surface area (Å²) in [6.45, 7) is 0. The fourth-order valence-electron chi connectivity index (χ4n) is 2.82. The van der Waals surface area contributed by atoms with Gasteiger partial charge in [-0.25, -0.2) is 13.4 Å². The van der Waals surface area contributed by atoms with Gasteiger partial charge in [0.25, 0.3) is 0 Å². The summed E-state index contributed by atoms with van der Waals surface area (Å²) in [5.74, 6) is 1.61. The Morgan fingerprint density at radius 2 is 2.25 bits per heavy atom. The molecule has 0 aromatic carbocycles. The monoisotopic (exact) mass is 294 g/mol. The molecule has 2 aromatic heterocycles. The van der Waals surface area contributed by atoms with E-state index in [1.165, 1.54) is 0 Å². The topological polar surface area (TPSA) is 60.7 Å². The number of pyridine rings is 1. The molecular formula is C14H18N2O3S. The lowest BCUT2D eigenvalue weighted by molar-refractivity contribution is 0.412. The summed E-state index contributed by atoms with van der Waals surface area (Å²) in [5, 5.41) is 0. The van der Waals surface area contributed by atoms with Crippen LogP contribution < -0.4 is 4.74 Å². The van der Waals surface area contributed by atoms with E-state index in [0.29, 0.717) is 11.5 Å². The van der Waals surface area contributed by atoms with Crippen molar-refractivity contribution in [3.8, 4) is 5.75 Å². The van der Waals surface area contributed by atoms with E-state index in [4.69, 9.17) is 4.74 Å². The van der Waals surface area contributed by atoms with Crippen LogP contribution >= 0.6 is 0 Å². The van der Waals surface area contributed by atoms with Crippen molar-refractivity contribution in [1.29, 1.82) is 0 Å². The number of ether oxygens (including phenoxy) is 1. The number of hydrogen-bond donors (Lipinski definition) is 0. The van der Waals surface area contributed by atoms with Crippen molar-refractivity contribution in [1.82, 2.24) is 9.38 Å². The highest BCUT2D eigenvalue weighted by molar-refractivity contribution is 7.91. The maximum Gasteiger partial charge on any atom is 0.150 e. The zero-order valence-electron chi connectivity index (χ0n) is 11.4. The minimum atomic E-state index is -2.85. The van der Waals surface area contributed by atoms with E-state index >= 15 is 0 Å². The van der Waals surface area contributed by atoms with Gasteiger partial charge in [-0.15, -0.1) is 0 Å². The molecule has 0 N–H and O–H groups in total. The lowest BCUT2D eigenvalue weighted by atomic mass is 10.00. The maximum atomic E-state index is 11.7. The second kappa shape index (κ2) is 5.09. The van der Waals surface area contributed by atoms with E-state index in [0.717, 1.165) is 36.4 Å². The van der Waals surface area contributed by atoms with Gasteiger partial charge in [-0.05, 0) is 37.3 Å². The Labute approximate surface area is 118 Å². The predicted molar refractivity (Wildman–Crippen MR) is 76.8 cm³/mol. The molecule has 0 saturated carbocycles. The highest BCUT2D eigenvalue weighted by atomic mass is 32.2. The van der Waals surface area contributed by atoms with Gasteiger partial charge in [0, 0.05) is 6.20 Å². The summed E-state index contributed by atoms with van der Waals surface area (Å²) in [6.07, 6.45) is 6.30. The molecule has 1 fully saturated rings. The molecule has 2 aromatic rings. The molecule has 1 unspecified atom stereocenters. The predicted octanol–water partition coefficient (Wildman–Crippen LogP) is 1.71. The van der Waals surface area contributed by atoms with Gasteiger partial charge >= 0.3 is 0 Å². The average molecular weight is 294 g/mol. The Bertz CT molecular complexity index is 721. The third-order valence-electron chi connectivity index (χ3n) is 3.76. The molecule has 3 rings (SSSR count). The molecule has 0 amide bonds. The Morgan fingerprint density at radius 1 is 1.40 bits per heavy atom. The normalized spacial score (nSPS) is 21.9. The van der Waals surface area contributed by atoms with Crippen LogP contribution in [0.3, 0.4) is 0 Å². The van der Waals surface area contributed by atoms with Crippen molar-refractivity contribution in [3.05, 3.63) is 30.2 Å². The fourth-order valence-corrected chi connectivity index (χ4v) is 4.59. The Hall–Kier alpha value is -1.56. The van der Waals surface area contributed by atoms with Gasteiger partial charge in [0.2, 0.25) is 0 Å². The van der Waals surface area contributed by atoms with Crippen LogP contribution in [0.25, 0.3) is 5.65 Å². The van der Waals surface area contributed by atoms with Crippen molar-refractivity contribution < 1.29 is 13.2 Å². The molecule has 6 heteroatoms. The van der Waals surface area contributed by atoms with E-state index in [1.54, 1.807) is 7.11 Å². The van der Waals surface area contributed by atoms with Gasteiger partial charge in [0.05, 0.1) is 30.5 Å². The van der Waals surface area contributed by atoms with E-state index in [1.807, 2.05) is 28.9 Å². The first kappa shape index (κ1) is 13.4. The molecule has 0 radical (unpaired) electrons. The molecule has 0 aliphatic carbocycles. The van der Waals surface area contributed by atoms with Gasteiger partial charge in [-0.2, -0.15) is 0 Å². The molecule has 1 aliphatic rings. The summed E-state index contributed by atoms with van der Waals surface area (Å²) in [4.78, 5) is 4.54. The summed E-state index contributed by atoms with van der Waals surface area (Å²) < 4.78 is 30.4. The molecule has 0 spiro atoms. The van der Waals surface area contributed by atoms with Crippen molar-refractivity contribution in [2.45, 2.75) is 19.3 Å². The van der Waals surface area contributed by atoms with Crippen molar-refractivity contribution in [3.63, 3.8) is 0 Å². The molecule has 5 nitrogen and oxygen atoms in total. The van der Waals surface area contributed by atoms with Crippen LogP contribution in [0.1, 0.15) is 18.5 Å². The van der Waals surface area contributed by atoms with Gasteiger partial charge in [0.1, 0.15) is 11.4 Å². The van der Waals surface area contributed by atoms with Crippen LogP contribution in [-0.2, 0) is 16.3 Å². The number of aromatic nitrogens is 2. The summed E-state index contributed by atoms with van der Waals surface area (Å²) in [6, 6.07) is 3.77. The molecule has 20 heavy (non-hydrogen) atoms. The highest BCUT2D eigenvalue weighted by Crippen LogP contribution is 2.22. The first-order valence-electron chi connectivity index (χ1n) is 6.78. The average Bonchev–Trinajstić information content (AvgIpc) is 2.78. The zero-order chi connectivity index (χ0) is 14.2. The van der Waals surface area contributed by atoms with Crippen LogP contribution in [0.4, 0.5) is 0 Å². The lowest BCUT2D eigenvalue weighted by Crippen LogP contribution is -2.26. The molecule has 1 aliphatic heterocycles. The van der Waals surface area contributed by atoms with Gasteiger partial charge < -0.3 is 9.14 Å². The molecule has 108 valence electrons. The van der Waals surface area contributed by atoms with Crippen LogP contribution in [0.5, 0.6) is 5.75 Å². The zero-order valence-corrected chi connectivity index (χ0v) is 12.3. The fraction of sp³-hybridized carbons (Fsp3) is 0.500. The quantitative estimate of drug-likeness (QED) is 0.864. The number of methoxy groups -OCH3 is 1. The van der Waals surface area contributed by atoms with Crippen LogP contribution in [0, 0.1) is 5.92 Å². The number of sulfone groups is 1. The third kappa shape index (κ3) is 2.80. The Morgan fingerprint density at radius 3 is 3.00 bits per heavy atom. The van der Waals surface area contributed by atoms with Gasteiger partial charge in [0.15, 0.2) is 9.84 Å². The van der Waals surface area contributed by atoms with E-state index in [9.17, 15) is 8.42 Å². The second-order valence-corrected chi connectivity index (χ2v) is 7.62. The minimum absolute atomic E-state index is 0.195. The number of fused-ring (bicyclic) bond motifs is 1. The highest BCUT2D eigenvalue weighted by Gasteiger charge is 2.25. The first-order chi connectivity index (χ1) is 9.55. The third-order valence-corrected chi connectivity index (χ3v) is 5.65. The summed E-state index contributed by atoms with van der Waals surface area (Å²) >= 11 is 0. The van der Waals surface area contributed by atoms with E-state index in [-0.39, 0.29) is 5.92 Å². The Balaban J connectivity index is 1.80. The Kier molecular flexibility index (Phi) is 3.41. The molecule has 1 saturated heterocycles. The number of imidazole rings is 1. The molecular weight excluding hydrogens is 276 g/mol. The van der Waals surface area contributed by atoms with Crippen molar-refractivity contribution in [2.75, 3.05) is 18.6 Å².